The molecule has 0 aliphatic carbocycles. The summed E-state index contributed by atoms with van der Waals surface area (Å²) in [6, 6.07) is 8.00. The Balaban J connectivity index is 2.30. The van der Waals surface area contributed by atoms with Crippen LogP contribution in [0.15, 0.2) is 24.3 Å². The molecule has 2 rings (SSSR count). The molecule has 2 aromatic rings. The predicted molar refractivity (Wildman–Crippen MR) is 83.2 cm³/mol. The lowest BCUT2D eigenvalue weighted by molar-refractivity contribution is 0.0701. The number of carbonyl (C=O) groups is 1. The van der Waals surface area contributed by atoms with E-state index in [2.05, 4.69) is 18.2 Å². The van der Waals surface area contributed by atoms with Crippen LogP contribution in [0.4, 0.5) is 0 Å². The first-order valence-corrected chi connectivity index (χ1v) is 7.39. The van der Waals surface area contributed by atoms with Gasteiger partial charge < -0.3 is 10.4 Å². The third-order valence-electron chi connectivity index (χ3n) is 3.32. The number of terminal acetylenes is 1. The van der Waals surface area contributed by atoms with Crippen molar-refractivity contribution < 1.29 is 9.90 Å². The van der Waals surface area contributed by atoms with Gasteiger partial charge in [0.2, 0.25) is 0 Å². The van der Waals surface area contributed by atoms with Gasteiger partial charge in [0.1, 0.15) is 4.88 Å². The zero-order chi connectivity index (χ0) is 14.5. The van der Waals surface area contributed by atoms with Crippen molar-refractivity contribution in [1.29, 1.82) is 0 Å². The summed E-state index contributed by atoms with van der Waals surface area (Å²) in [4.78, 5) is 11.8. The maximum absolute atomic E-state index is 11.4. The van der Waals surface area contributed by atoms with E-state index in [9.17, 15) is 9.90 Å². The molecule has 2 N–H and O–H groups in total. The van der Waals surface area contributed by atoms with E-state index in [-0.39, 0.29) is 6.04 Å². The quantitative estimate of drug-likeness (QED) is 0.800. The Morgan fingerprint density at radius 3 is 2.90 bits per heavy atom. The lowest BCUT2D eigenvalue weighted by atomic mass is 10.1. The van der Waals surface area contributed by atoms with Crippen molar-refractivity contribution in [2.75, 3.05) is 0 Å². The largest absolute Gasteiger partial charge is 0.477 e. The van der Waals surface area contributed by atoms with E-state index < -0.39 is 5.97 Å². The van der Waals surface area contributed by atoms with Gasteiger partial charge in [-0.05, 0) is 23.4 Å². The molecule has 3 nitrogen and oxygen atoms in total. The topological polar surface area (TPSA) is 49.3 Å². The summed E-state index contributed by atoms with van der Waals surface area (Å²) < 4.78 is 1.01. The summed E-state index contributed by atoms with van der Waals surface area (Å²) in [5.74, 6) is 1.78. The molecule has 0 bridgehead atoms. The van der Waals surface area contributed by atoms with Gasteiger partial charge in [-0.1, -0.05) is 25.1 Å². The highest BCUT2D eigenvalue weighted by atomic mass is 32.1. The first-order valence-electron chi connectivity index (χ1n) is 6.57. The molecule has 1 aromatic heterocycles. The smallest absolute Gasteiger partial charge is 0.346 e. The van der Waals surface area contributed by atoms with E-state index in [0.29, 0.717) is 17.8 Å². The first kappa shape index (κ1) is 14.6. The lowest BCUT2D eigenvalue weighted by Gasteiger charge is -2.14. The first-order chi connectivity index (χ1) is 9.67. The molecular formula is C16H17NO2S. The molecule has 1 atom stereocenters. The molecule has 20 heavy (non-hydrogen) atoms. The van der Waals surface area contributed by atoms with Crippen LogP contribution in [-0.4, -0.2) is 17.1 Å². The molecule has 0 spiro atoms. The van der Waals surface area contributed by atoms with Crippen molar-refractivity contribution in [3.63, 3.8) is 0 Å². The number of thiophene rings is 1. The number of rotatable bonds is 6. The second-order valence-corrected chi connectivity index (χ2v) is 5.66. The number of hydrogen-bond donors (Lipinski definition) is 2. The van der Waals surface area contributed by atoms with Gasteiger partial charge in [-0.25, -0.2) is 4.79 Å². The number of nitrogens with one attached hydrogen (secondary N) is 1. The van der Waals surface area contributed by atoms with Crippen LogP contribution >= 0.6 is 11.3 Å². The molecule has 104 valence electrons. The fourth-order valence-corrected chi connectivity index (χ4v) is 3.26. The maximum Gasteiger partial charge on any atom is 0.346 e. The van der Waals surface area contributed by atoms with Gasteiger partial charge in [-0.15, -0.1) is 23.7 Å². The van der Waals surface area contributed by atoms with Crippen molar-refractivity contribution in [2.45, 2.75) is 32.4 Å². The van der Waals surface area contributed by atoms with Crippen LogP contribution in [0, 0.1) is 12.3 Å². The fraction of sp³-hybridized carbons (Fsp3) is 0.312. The van der Waals surface area contributed by atoms with Crippen molar-refractivity contribution in [1.82, 2.24) is 5.32 Å². The van der Waals surface area contributed by atoms with E-state index in [4.69, 9.17) is 6.42 Å². The normalized spacial score (nSPS) is 12.2. The monoisotopic (exact) mass is 287 g/mol. The van der Waals surface area contributed by atoms with Crippen LogP contribution in [0.1, 0.15) is 35.0 Å². The Morgan fingerprint density at radius 2 is 2.25 bits per heavy atom. The molecule has 1 aromatic carbocycles. The summed E-state index contributed by atoms with van der Waals surface area (Å²) in [6.07, 6.45) is 6.92. The molecule has 0 radical (unpaired) electrons. The molecule has 0 saturated carbocycles. The van der Waals surface area contributed by atoms with Crippen molar-refractivity contribution in [2.24, 2.45) is 0 Å². The van der Waals surface area contributed by atoms with Crippen LogP contribution in [-0.2, 0) is 6.54 Å². The van der Waals surface area contributed by atoms with Crippen LogP contribution in [0.2, 0.25) is 0 Å². The second kappa shape index (κ2) is 6.56. The highest BCUT2D eigenvalue weighted by Crippen LogP contribution is 2.31. The van der Waals surface area contributed by atoms with Gasteiger partial charge >= 0.3 is 5.97 Å². The predicted octanol–water partition coefficient (Wildman–Crippen LogP) is 3.49. The molecule has 0 fully saturated rings. The molecule has 0 amide bonds. The standard InChI is InChI=1S/C16H17NO2S/c1-3-7-11(4-2)17-10-13-12-8-5-6-9-14(12)20-15(13)16(18)19/h1,5-6,8-9,11,17H,4,7,10H2,2H3,(H,18,19). The van der Waals surface area contributed by atoms with Crippen LogP contribution in [0.25, 0.3) is 10.1 Å². The third-order valence-corrected chi connectivity index (χ3v) is 4.52. The van der Waals surface area contributed by atoms with Crippen molar-refractivity contribution in [3.8, 4) is 12.3 Å². The summed E-state index contributed by atoms with van der Waals surface area (Å²) >= 11 is 1.32. The minimum atomic E-state index is -0.868. The van der Waals surface area contributed by atoms with Gasteiger partial charge in [0.25, 0.3) is 0 Å². The average molecular weight is 287 g/mol. The summed E-state index contributed by atoms with van der Waals surface area (Å²) in [7, 11) is 0. The number of benzene rings is 1. The maximum atomic E-state index is 11.4. The second-order valence-electron chi connectivity index (χ2n) is 4.61. The van der Waals surface area contributed by atoms with Crippen LogP contribution in [0.5, 0.6) is 0 Å². The van der Waals surface area contributed by atoms with Gasteiger partial charge in [0, 0.05) is 23.7 Å². The lowest BCUT2D eigenvalue weighted by Crippen LogP contribution is -2.27. The molecule has 0 aliphatic rings. The summed E-state index contributed by atoms with van der Waals surface area (Å²) in [6.45, 7) is 2.60. The van der Waals surface area contributed by atoms with E-state index in [0.717, 1.165) is 22.1 Å². The summed E-state index contributed by atoms with van der Waals surface area (Å²) in [5, 5.41) is 13.7. The molecule has 4 heteroatoms. The Morgan fingerprint density at radius 1 is 1.50 bits per heavy atom. The zero-order valence-corrected chi connectivity index (χ0v) is 12.2. The molecule has 1 heterocycles. The van der Waals surface area contributed by atoms with Gasteiger partial charge in [0.05, 0.1) is 0 Å². The molecular weight excluding hydrogens is 270 g/mol. The highest BCUT2D eigenvalue weighted by molar-refractivity contribution is 7.21. The number of fused-ring (bicyclic) bond motifs is 1. The Bertz CT molecular complexity index is 654. The van der Waals surface area contributed by atoms with E-state index in [1.165, 1.54) is 11.3 Å². The number of carboxylic acid groups (broad SMARTS) is 1. The number of hydrogen-bond acceptors (Lipinski definition) is 3. The average Bonchev–Trinajstić information content (AvgIpc) is 2.82. The van der Waals surface area contributed by atoms with Crippen molar-refractivity contribution in [3.05, 3.63) is 34.7 Å². The SMILES string of the molecule is C#CCC(CC)NCc1c(C(=O)O)sc2ccccc12. The highest BCUT2D eigenvalue weighted by Gasteiger charge is 2.17. The van der Waals surface area contributed by atoms with E-state index in [1.807, 2.05) is 24.3 Å². The Kier molecular flexibility index (Phi) is 4.78. The van der Waals surface area contributed by atoms with Gasteiger partial charge in [-0.2, -0.15) is 0 Å². The minimum absolute atomic E-state index is 0.223. The third kappa shape index (κ3) is 3.01. The van der Waals surface area contributed by atoms with Gasteiger partial charge in [0.15, 0.2) is 0 Å². The van der Waals surface area contributed by atoms with Crippen LogP contribution < -0.4 is 5.32 Å². The Hall–Kier alpha value is -1.83. The van der Waals surface area contributed by atoms with Gasteiger partial charge in [-0.3, -0.25) is 0 Å². The van der Waals surface area contributed by atoms with Crippen molar-refractivity contribution >= 4 is 27.4 Å². The molecule has 0 saturated heterocycles. The fourth-order valence-electron chi connectivity index (χ4n) is 2.20. The zero-order valence-electron chi connectivity index (χ0n) is 11.3. The Labute approximate surface area is 122 Å². The van der Waals surface area contributed by atoms with E-state index in [1.54, 1.807) is 0 Å². The number of carboxylic acids is 1. The summed E-state index contributed by atoms with van der Waals surface area (Å²) in [5.41, 5.74) is 0.855. The minimum Gasteiger partial charge on any atom is -0.477 e. The molecule has 0 aliphatic heterocycles. The molecule has 1 unspecified atom stereocenters. The van der Waals surface area contributed by atoms with Crippen LogP contribution in [0.3, 0.4) is 0 Å². The number of aromatic carboxylic acids is 1. The van der Waals surface area contributed by atoms with E-state index >= 15 is 0 Å².